The molecule has 2 heterocycles. The number of halogens is 1. The molecular weight excluding hydrogens is 852 g/mol. The summed E-state index contributed by atoms with van der Waals surface area (Å²) in [5.74, 6) is -0.523. The van der Waals surface area contributed by atoms with E-state index in [0.29, 0.717) is 57.1 Å². The monoisotopic (exact) mass is 902 g/mol. The van der Waals surface area contributed by atoms with E-state index in [1.54, 1.807) is 90.1 Å². The number of amides is 1. The summed E-state index contributed by atoms with van der Waals surface area (Å²) in [6.07, 6.45) is 1.09. The van der Waals surface area contributed by atoms with E-state index in [0.717, 1.165) is 5.56 Å². The molecule has 2 aromatic carbocycles. The van der Waals surface area contributed by atoms with Crippen molar-refractivity contribution in [2.45, 2.75) is 108 Å². The summed E-state index contributed by atoms with van der Waals surface area (Å²) in [5, 5.41) is 13.8. The van der Waals surface area contributed by atoms with Crippen LogP contribution in [0.5, 0.6) is 5.75 Å². The number of pyridine rings is 1. The number of nitrogens with two attached hydrogens (primary N) is 1. The number of esters is 3. The van der Waals surface area contributed by atoms with Gasteiger partial charge >= 0.3 is 24.0 Å². The van der Waals surface area contributed by atoms with Gasteiger partial charge in [0.05, 0.1) is 17.8 Å². The van der Waals surface area contributed by atoms with Gasteiger partial charge in [-0.3, -0.25) is 14.4 Å². The molecule has 0 radical (unpaired) electrons. The van der Waals surface area contributed by atoms with E-state index in [9.17, 15) is 24.4 Å². The molecule has 18 heteroatoms. The quantitative estimate of drug-likeness (QED) is 0.0277. The Morgan fingerprint density at radius 2 is 1.52 bits per heavy atom. The first-order valence-corrected chi connectivity index (χ1v) is 21.4. The van der Waals surface area contributed by atoms with Crippen LogP contribution < -0.4 is 15.8 Å². The van der Waals surface area contributed by atoms with E-state index >= 15 is 0 Å². The molecular formula is C45H51ClN6O10S. The van der Waals surface area contributed by atoms with Crippen molar-refractivity contribution in [1.29, 1.82) is 5.26 Å². The topological polar surface area (TPSA) is 220 Å². The van der Waals surface area contributed by atoms with Crippen molar-refractivity contribution in [1.82, 2.24) is 15.3 Å². The molecule has 0 saturated heterocycles. The Morgan fingerprint density at radius 3 is 2.16 bits per heavy atom. The second kappa shape index (κ2) is 23.2. The van der Waals surface area contributed by atoms with Crippen LogP contribution in [0.25, 0.3) is 27.4 Å². The minimum absolute atomic E-state index is 0.0101. The number of ether oxygens (including phenoxy) is 5. The maximum absolute atomic E-state index is 12.8. The summed E-state index contributed by atoms with van der Waals surface area (Å²) in [4.78, 5) is 61.9. The van der Waals surface area contributed by atoms with Gasteiger partial charge in [-0.2, -0.15) is 5.26 Å². The number of hydrogen-bond donors (Lipinski definition) is 2. The van der Waals surface area contributed by atoms with Gasteiger partial charge in [-0.05, 0) is 103 Å². The average Bonchev–Trinajstić information content (AvgIpc) is 3.69. The van der Waals surface area contributed by atoms with Crippen LogP contribution in [0.15, 0.2) is 64.2 Å². The van der Waals surface area contributed by atoms with Crippen LogP contribution in [0.2, 0.25) is 5.02 Å². The Kier molecular flexibility index (Phi) is 18.2. The number of nitrogens with zero attached hydrogens (tertiary/aromatic N) is 4. The van der Waals surface area contributed by atoms with Crippen LogP contribution in [0.1, 0.15) is 91.3 Å². The number of anilines is 1. The number of thioether (sulfide) groups is 1. The normalized spacial score (nSPS) is 11.7. The molecule has 0 bridgehead atoms. The lowest BCUT2D eigenvalue weighted by Crippen LogP contribution is -2.33. The van der Waals surface area contributed by atoms with Gasteiger partial charge in [-0.1, -0.05) is 35.5 Å². The molecule has 334 valence electrons. The number of alkyl carbamates (subject to hydrolysis) is 1. The molecule has 1 amide bonds. The maximum Gasteiger partial charge on any atom is 0.407 e. The van der Waals surface area contributed by atoms with Gasteiger partial charge in [0, 0.05) is 47.7 Å². The Hall–Kier alpha value is -6.30. The largest absolute Gasteiger partial charge is 0.490 e. The lowest BCUT2D eigenvalue weighted by molar-refractivity contribution is -0.161. The third kappa shape index (κ3) is 16.8. The fraction of sp³-hybridized carbons (Fsp3) is 0.422. The predicted molar refractivity (Wildman–Crippen MR) is 236 cm³/mol. The Labute approximate surface area is 375 Å². The summed E-state index contributed by atoms with van der Waals surface area (Å²) >= 11 is 7.22. The van der Waals surface area contributed by atoms with Gasteiger partial charge in [-0.15, -0.1) is 0 Å². The predicted octanol–water partition coefficient (Wildman–Crippen LogP) is 9.39. The van der Waals surface area contributed by atoms with Gasteiger partial charge in [0.1, 0.15) is 53.3 Å². The summed E-state index contributed by atoms with van der Waals surface area (Å²) in [6.45, 7) is 18.0. The minimum Gasteiger partial charge on any atom is -0.490 e. The smallest absolute Gasteiger partial charge is 0.407 e. The number of oxazole rings is 1. The van der Waals surface area contributed by atoms with Crippen molar-refractivity contribution in [2.24, 2.45) is 0 Å². The zero-order valence-electron chi connectivity index (χ0n) is 36.1. The highest BCUT2D eigenvalue weighted by atomic mass is 35.5. The zero-order valence-corrected chi connectivity index (χ0v) is 37.7. The molecule has 1 atom stereocenters. The van der Waals surface area contributed by atoms with Crippen molar-refractivity contribution in [3.63, 3.8) is 0 Å². The summed E-state index contributed by atoms with van der Waals surface area (Å²) in [7, 11) is 0. The molecule has 0 aliphatic carbocycles. The number of carbonyl (C=O) groups is 4. The van der Waals surface area contributed by atoms with Crippen molar-refractivity contribution in [3.05, 3.63) is 82.5 Å². The van der Waals surface area contributed by atoms with E-state index in [2.05, 4.69) is 26.2 Å². The van der Waals surface area contributed by atoms with Crippen LogP contribution in [0.3, 0.4) is 0 Å². The van der Waals surface area contributed by atoms with Crippen molar-refractivity contribution >= 4 is 58.9 Å². The number of hydrogen-bond acceptors (Lipinski definition) is 15. The van der Waals surface area contributed by atoms with Crippen LogP contribution in [-0.4, -0.2) is 71.0 Å². The van der Waals surface area contributed by atoms with Crippen LogP contribution in [-0.2, 0) is 39.1 Å². The van der Waals surface area contributed by atoms with Crippen LogP contribution >= 0.6 is 23.4 Å². The van der Waals surface area contributed by atoms with Gasteiger partial charge in [-0.25, -0.2) is 19.6 Å². The fourth-order valence-electron chi connectivity index (χ4n) is 5.61. The number of unbranched alkanes of at least 4 members (excludes halogenated alkanes) is 1. The first-order valence-electron chi connectivity index (χ1n) is 20.0. The van der Waals surface area contributed by atoms with E-state index in [1.807, 2.05) is 0 Å². The lowest BCUT2D eigenvalue weighted by atomic mass is 10.00. The highest BCUT2D eigenvalue weighted by molar-refractivity contribution is 7.98. The number of nitrogen functional groups attached to an aromatic ring is 1. The number of carbonyl (C=O) groups excluding carboxylic acids is 4. The molecule has 0 aliphatic heterocycles. The summed E-state index contributed by atoms with van der Waals surface area (Å²) in [6, 6.07) is 15.8. The highest BCUT2D eigenvalue weighted by Gasteiger charge is 2.23. The molecule has 4 rings (SSSR count). The maximum atomic E-state index is 12.8. The Bertz CT molecular complexity index is 2290. The summed E-state index contributed by atoms with van der Waals surface area (Å²) < 4.78 is 33.2. The SMILES string of the molecule is [C-]#[N+]c1c(N)nc(SCc2coc(-c3ccc(Cl)cc3)n2)c(C#N)c1-c1ccc(OC[C@@H](COC(=O)CCCCC(=O)OC(C)(C)C)OC(=O)CCCNC(=O)OC(C)(C)C)cc1. The molecule has 2 aromatic heterocycles. The molecule has 0 spiro atoms. The van der Waals surface area contributed by atoms with E-state index in [1.165, 1.54) is 18.0 Å². The van der Waals surface area contributed by atoms with Gasteiger partial charge in [0.2, 0.25) is 11.6 Å². The van der Waals surface area contributed by atoms with E-state index in [4.69, 9.17) is 52.0 Å². The molecule has 16 nitrogen and oxygen atoms in total. The van der Waals surface area contributed by atoms with Crippen LogP contribution in [0, 0.1) is 17.9 Å². The Balaban J connectivity index is 1.41. The number of benzene rings is 2. The standard InChI is InChI=1S/C45H51ClN6O10S/c1-44(2,3)61-37(55)12-9-8-11-35(53)58-26-33(60-36(54)13-10-22-50-43(56)62-45(4,5)6)25-57-32-20-16-28(17-21-32)38-34(23-47)42(52-40(48)39(38)49-7)63-27-31-24-59-41(51-31)29-14-18-30(46)19-15-29/h14-21,24,33H,8-13,22,25-27H2,1-6H3,(H2,48,52)(H,50,56)/t33-/m0/s1. The van der Waals surface area contributed by atoms with Crippen molar-refractivity contribution in [3.8, 4) is 34.4 Å². The molecule has 63 heavy (non-hydrogen) atoms. The molecule has 3 N–H and O–H groups in total. The second-order valence-corrected chi connectivity index (χ2v) is 17.4. The average molecular weight is 903 g/mol. The van der Waals surface area contributed by atoms with Gasteiger partial charge in [0.25, 0.3) is 0 Å². The first kappa shape index (κ1) is 49.4. The number of nitriles is 1. The third-order valence-corrected chi connectivity index (χ3v) is 9.61. The molecule has 4 aromatic rings. The first-order chi connectivity index (χ1) is 29.8. The molecule has 0 aliphatic rings. The molecule has 0 fully saturated rings. The van der Waals surface area contributed by atoms with Crippen LogP contribution in [0.4, 0.5) is 16.3 Å². The Morgan fingerprint density at radius 1 is 0.889 bits per heavy atom. The van der Waals surface area contributed by atoms with Gasteiger partial charge in [0.15, 0.2) is 6.10 Å². The van der Waals surface area contributed by atoms with Crippen molar-refractivity contribution < 1.29 is 47.3 Å². The van der Waals surface area contributed by atoms with E-state index in [-0.39, 0.29) is 68.5 Å². The molecule has 0 unspecified atom stereocenters. The fourth-order valence-corrected chi connectivity index (χ4v) is 6.61. The number of nitrogens with one attached hydrogen (secondary N) is 1. The van der Waals surface area contributed by atoms with E-state index < -0.39 is 35.3 Å². The minimum atomic E-state index is -1.01. The number of rotatable bonds is 20. The number of aromatic nitrogens is 2. The second-order valence-electron chi connectivity index (χ2n) is 16.0. The molecule has 0 saturated carbocycles. The highest BCUT2D eigenvalue weighted by Crippen LogP contribution is 2.42. The lowest BCUT2D eigenvalue weighted by Gasteiger charge is -2.20. The summed E-state index contributed by atoms with van der Waals surface area (Å²) in [5.41, 5.74) is 7.27. The third-order valence-electron chi connectivity index (χ3n) is 8.35. The van der Waals surface area contributed by atoms with Gasteiger partial charge < -0.3 is 39.2 Å². The van der Waals surface area contributed by atoms with Crippen molar-refractivity contribution in [2.75, 3.05) is 25.5 Å². The zero-order chi connectivity index (χ0) is 46.2.